The second kappa shape index (κ2) is 6.03. The highest BCUT2D eigenvalue weighted by Gasteiger charge is 2.21. The number of benzene rings is 1. The van der Waals surface area contributed by atoms with Gasteiger partial charge in [0, 0.05) is 24.8 Å². The number of ether oxygens (including phenoxy) is 1. The molecule has 0 spiro atoms. The summed E-state index contributed by atoms with van der Waals surface area (Å²) in [5.41, 5.74) is 8.25. The van der Waals surface area contributed by atoms with Gasteiger partial charge < -0.3 is 15.4 Å². The predicted octanol–water partition coefficient (Wildman–Crippen LogP) is 1.80. The summed E-state index contributed by atoms with van der Waals surface area (Å²) in [7, 11) is 0. The molecule has 17 heavy (non-hydrogen) atoms. The van der Waals surface area contributed by atoms with Crippen molar-refractivity contribution in [1.82, 2.24) is 0 Å². The first kappa shape index (κ1) is 12.4. The van der Waals surface area contributed by atoms with E-state index in [9.17, 15) is 0 Å². The summed E-state index contributed by atoms with van der Waals surface area (Å²) in [6.45, 7) is 5.27. The molecule has 0 saturated carbocycles. The number of nitrogens with zero attached hydrogens (tertiary/aromatic N) is 1. The molecule has 0 saturated heterocycles. The van der Waals surface area contributed by atoms with Crippen LogP contribution < -0.4 is 10.6 Å². The second-order valence-corrected chi connectivity index (χ2v) is 4.61. The third kappa shape index (κ3) is 2.99. The molecule has 3 nitrogen and oxygen atoms in total. The molecule has 0 radical (unpaired) electrons. The summed E-state index contributed by atoms with van der Waals surface area (Å²) < 4.78 is 5.48. The molecule has 1 aliphatic rings. The smallest absolute Gasteiger partial charge is 0.0642 e. The molecule has 1 aromatic rings. The number of hydrogen-bond acceptors (Lipinski definition) is 3. The maximum absolute atomic E-state index is 5.48. The highest BCUT2D eigenvalue weighted by Crippen LogP contribution is 2.29. The summed E-state index contributed by atoms with van der Waals surface area (Å²) in [6.07, 6.45) is 2.42. The van der Waals surface area contributed by atoms with E-state index >= 15 is 0 Å². The Bertz CT molecular complexity index is 354. The van der Waals surface area contributed by atoms with Crippen LogP contribution >= 0.6 is 0 Å². The van der Waals surface area contributed by atoms with Crippen LogP contribution in [0.3, 0.4) is 0 Å². The number of aryl methyl sites for hydroxylation is 1. The molecule has 0 bridgehead atoms. The van der Waals surface area contributed by atoms with Crippen molar-refractivity contribution in [1.29, 1.82) is 0 Å². The molecule has 2 rings (SSSR count). The van der Waals surface area contributed by atoms with E-state index in [1.54, 1.807) is 0 Å². The summed E-state index contributed by atoms with van der Waals surface area (Å²) in [5, 5.41) is 0. The zero-order valence-corrected chi connectivity index (χ0v) is 10.6. The highest BCUT2D eigenvalue weighted by atomic mass is 16.5. The van der Waals surface area contributed by atoms with Crippen molar-refractivity contribution in [3.63, 3.8) is 0 Å². The van der Waals surface area contributed by atoms with E-state index in [-0.39, 0.29) is 0 Å². The predicted molar refractivity (Wildman–Crippen MR) is 71.4 cm³/mol. The largest absolute Gasteiger partial charge is 0.378 e. The molecule has 0 fully saturated rings. The molecular weight excluding hydrogens is 212 g/mol. The van der Waals surface area contributed by atoms with Crippen molar-refractivity contribution in [3.8, 4) is 0 Å². The van der Waals surface area contributed by atoms with Gasteiger partial charge in [0.05, 0.1) is 13.2 Å². The lowest BCUT2D eigenvalue weighted by molar-refractivity contribution is 0.146. The van der Waals surface area contributed by atoms with Gasteiger partial charge >= 0.3 is 0 Å². The standard InChI is InChI=1S/C14H22N2O/c1-12-6-7-13-4-2-3-5-14(13)16(12)9-11-17-10-8-15/h2-5,12H,6-11,15H2,1H3. The van der Waals surface area contributed by atoms with Crippen molar-refractivity contribution in [2.45, 2.75) is 25.8 Å². The van der Waals surface area contributed by atoms with Crippen molar-refractivity contribution in [2.24, 2.45) is 5.73 Å². The number of hydrogen-bond donors (Lipinski definition) is 1. The topological polar surface area (TPSA) is 38.5 Å². The molecule has 1 heterocycles. The first-order valence-electron chi connectivity index (χ1n) is 6.45. The van der Waals surface area contributed by atoms with Crippen LogP contribution in [0.15, 0.2) is 24.3 Å². The molecule has 0 aromatic heterocycles. The zero-order chi connectivity index (χ0) is 12.1. The highest BCUT2D eigenvalue weighted by molar-refractivity contribution is 5.56. The number of rotatable bonds is 5. The number of para-hydroxylation sites is 1. The second-order valence-electron chi connectivity index (χ2n) is 4.61. The Kier molecular flexibility index (Phi) is 4.40. The Morgan fingerprint density at radius 2 is 2.18 bits per heavy atom. The number of fused-ring (bicyclic) bond motifs is 1. The van der Waals surface area contributed by atoms with Gasteiger partial charge in [-0.2, -0.15) is 0 Å². The van der Waals surface area contributed by atoms with E-state index in [1.165, 1.54) is 24.1 Å². The molecule has 1 aromatic carbocycles. The normalized spacial score (nSPS) is 19.2. The Morgan fingerprint density at radius 3 is 3.00 bits per heavy atom. The van der Waals surface area contributed by atoms with E-state index in [1.807, 2.05) is 0 Å². The van der Waals surface area contributed by atoms with E-state index in [2.05, 4.69) is 36.1 Å². The van der Waals surface area contributed by atoms with Gasteiger partial charge in [-0.05, 0) is 31.4 Å². The van der Waals surface area contributed by atoms with Gasteiger partial charge in [-0.3, -0.25) is 0 Å². The number of anilines is 1. The SMILES string of the molecule is CC1CCc2ccccc2N1CCOCCN. The van der Waals surface area contributed by atoms with Gasteiger partial charge in [0.2, 0.25) is 0 Å². The summed E-state index contributed by atoms with van der Waals surface area (Å²) in [6, 6.07) is 9.29. The minimum atomic E-state index is 0.603. The van der Waals surface area contributed by atoms with Crippen LogP contribution in [-0.4, -0.2) is 32.3 Å². The molecule has 1 aliphatic heterocycles. The third-order valence-electron chi connectivity index (χ3n) is 3.40. The number of nitrogens with two attached hydrogens (primary N) is 1. The van der Waals surface area contributed by atoms with E-state index in [0.29, 0.717) is 19.2 Å². The van der Waals surface area contributed by atoms with Crippen LogP contribution in [-0.2, 0) is 11.2 Å². The Labute approximate surface area is 104 Å². The van der Waals surface area contributed by atoms with Crippen molar-refractivity contribution in [3.05, 3.63) is 29.8 Å². The van der Waals surface area contributed by atoms with Crippen LogP contribution in [0.2, 0.25) is 0 Å². The fourth-order valence-corrected chi connectivity index (χ4v) is 2.45. The van der Waals surface area contributed by atoms with Gasteiger partial charge in [0.1, 0.15) is 0 Å². The minimum absolute atomic E-state index is 0.603. The monoisotopic (exact) mass is 234 g/mol. The average molecular weight is 234 g/mol. The van der Waals surface area contributed by atoms with Crippen LogP contribution in [0.5, 0.6) is 0 Å². The summed E-state index contributed by atoms with van der Waals surface area (Å²) in [4.78, 5) is 2.45. The van der Waals surface area contributed by atoms with Gasteiger partial charge in [-0.1, -0.05) is 18.2 Å². The van der Waals surface area contributed by atoms with Crippen LogP contribution in [0.4, 0.5) is 5.69 Å². The first-order valence-corrected chi connectivity index (χ1v) is 6.45. The van der Waals surface area contributed by atoms with Crippen LogP contribution in [0.1, 0.15) is 18.9 Å². The van der Waals surface area contributed by atoms with E-state index < -0.39 is 0 Å². The lowest BCUT2D eigenvalue weighted by Crippen LogP contribution is -2.39. The molecule has 1 unspecified atom stereocenters. The minimum Gasteiger partial charge on any atom is -0.378 e. The molecule has 2 N–H and O–H groups in total. The Balaban J connectivity index is 2.00. The van der Waals surface area contributed by atoms with Gasteiger partial charge in [-0.15, -0.1) is 0 Å². The van der Waals surface area contributed by atoms with E-state index in [4.69, 9.17) is 10.5 Å². The van der Waals surface area contributed by atoms with E-state index in [0.717, 1.165) is 13.2 Å². The zero-order valence-electron chi connectivity index (χ0n) is 10.6. The third-order valence-corrected chi connectivity index (χ3v) is 3.40. The van der Waals surface area contributed by atoms with Crippen molar-refractivity contribution in [2.75, 3.05) is 31.2 Å². The molecule has 0 amide bonds. The lowest BCUT2D eigenvalue weighted by Gasteiger charge is -2.37. The lowest BCUT2D eigenvalue weighted by atomic mass is 9.97. The first-order chi connectivity index (χ1) is 8.33. The fraction of sp³-hybridized carbons (Fsp3) is 0.571. The maximum atomic E-state index is 5.48. The molecular formula is C14H22N2O. The fourth-order valence-electron chi connectivity index (χ4n) is 2.45. The van der Waals surface area contributed by atoms with Crippen LogP contribution in [0.25, 0.3) is 0 Å². The quantitative estimate of drug-likeness (QED) is 0.790. The molecule has 94 valence electrons. The maximum Gasteiger partial charge on any atom is 0.0642 e. The molecule has 0 aliphatic carbocycles. The van der Waals surface area contributed by atoms with Crippen LogP contribution in [0, 0.1) is 0 Å². The summed E-state index contributed by atoms with van der Waals surface area (Å²) in [5.74, 6) is 0. The molecule has 3 heteroatoms. The Morgan fingerprint density at radius 1 is 1.35 bits per heavy atom. The van der Waals surface area contributed by atoms with Gasteiger partial charge in [0.15, 0.2) is 0 Å². The van der Waals surface area contributed by atoms with Crippen molar-refractivity contribution < 1.29 is 4.74 Å². The average Bonchev–Trinajstić information content (AvgIpc) is 2.37. The van der Waals surface area contributed by atoms with Gasteiger partial charge in [-0.25, -0.2) is 0 Å². The summed E-state index contributed by atoms with van der Waals surface area (Å²) >= 11 is 0. The van der Waals surface area contributed by atoms with Crippen molar-refractivity contribution >= 4 is 5.69 Å². The Hall–Kier alpha value is -1.06. The van der Waals surface area contributed by atoms with Gasteiger partial charge in [0.25, 0.3) is 0 Å². The molecule has 1 atom stereocenters.